The quantitative estimate of drug-likeness (QED) is 0.455. The lowest BCUT2D eigenvalue weighted by Gasteiger charge is -2.27. The number of oxazole rings is 1. The van der Waals surface area contributed by atoms with E-state index in [1.165, 1.54) is 0 Å². The summed E-state index contributed by atoms with van der Waals surface area (Å²) in [5, 5.41) is 13.2. The summed E-state index contributed by atoms with van der Waals surface area (Å²) in [4.78, 5) is 29.9. The van der Waals surface area contributed by atoms with E-state index in [-0.39, 0.29) is 45.0 Å². The Morgan fingerprint density at radius 3 is 2.76 bits per heavy atom. The van der Waals surface area contributed by atoms with E-state index in [1.807, 2.05) is 36.4 Å². The zero-order chi connectivity index (χ0) is 22.3. The summed E-state index contributed by atoms with van der Waals surface area (Å²) >= 11 is 0. The molecule has 1 saturated heterocycles. The zero-order valence-corrected chi connectivity index (χ0v) is 21.0. The highest BCUT2D eigenvalue weighted by Gasteiger charge is 2.52. The summed E-state index contributed by atoms with van der Waals surface area (Å²) in [6.45, 7) is 2.01. The maximum absolute atomic E-state index is 13.5. The van der Waals surface area contributed by atoms with Crippen molar-refractivity contribution < 1.29 is 19.1 Å². The van der Waals surface area contributed by atoms with Gasteiger partial charge in [0.1, 0.15) is 5.75 Å². The van der Waals surface area contributed by atoms with E-state index in [0.29, 0.717) is 24.2 Å². The molecular formula is C24H31N3O5S2. The lowest BCUT2D eigenvalue weighted by molar-refractivity contribution is -0.124. The van der Waals surface area contributed by atoms with E-state index < -0.39 is 11.2 Å². The number of rotatable bonds is 7. The average molecular weight is 506 g/mol. The largest absolute Gasteiger partial charge is 0.497 e. The number of fused-ring (bicyclic) bond motifs is 1. The normalized spacial score (nSPS) is 19.6. The molecule has 0 radical (unpaired) electrons. The molecule has 2 aliphatic rings. The van der Waals surface area contributed by atoms with E-state index in [4.69, 9.17) is 9.15 Å². The van der Waals surface area contributed by atoms with Gasteiger partial charge in [0.15, 0.2) is 5.58 Å². The first-order chi connectivity index (χ1) is 15.5. The van der Waals surface area contributed by atoms with Crippen LogP contribution in [0.15, 0.2) is 51.7 Å². The van der Waals surface area contributed by atoms with Crippen molar-refractivity contribution >= 4 is 44.0 Å². The molecule has 1 aliphatic carbocycles. The molecule has 0 bridgehead atoms. The molecule has 2 heterocycles. The van der Waals surface area contributed by atoms with Gasteiger partial charge in [0, 0.05) is 19.6 Å². The number of H-pyrrole nitrogens is 1. The standard InChI is InChI=1S/C24H27N3O5.2H2S/c1-31-18-4-2-3-15(11-18)20(14-27-10-7-17(28)13-27)25-22(29)24(8-9-24)16-5-6-21-19(12-16)26-23(30)32-21;;/h2-6,11-12,17,20,28H,7-10,13-14H2,1H3,(H,25,29)(H,26,30);2*1H2/t17-,20+;;/m0../s1. The van der Waals surface area contributed by atoms with Crippen LogP contribution in [0.5, 0.6) is 5.75 Å². The number of ether oxygens (including phenoxy) is 1. The van der Waals surface area contributed by atoms with Crippen molar-refractivity contribution in [2.45, 2.75) is 36.8 Å². The van der Waals surface area contributed by atoms with Gasteiger partial charge in [-0.3, -0.25) is 14.7 Å². The molecule has 2 fully saturated rings. The summed E-state index contributed by atoms with van der Waals surface area (Å²) in [5.41, 5.74) is 2.31. The first-order valence-corrected chi connectivity index (χ1v) is 11.0. The highest BCUT2D eigenvalue weighted by Crippen LogP contribution is 2.49. The third kappa shape index (κ3) is 5.14. The summed E-state index contributed by atoms with van der Waals surface area (Å²) in [5.74, 6) is 0.200. The number of benzene rings is 2. The van der Waals surface area contributed by atoms with Crippen LogP contribution in [0, 0.1) is 0 Å². The minimum Gasteiger partial charge on any atom is -0.497 e. The highest BCUT2D eigenvalue weighted by atomic mass is 32.1. The SMILES string of the molecule is COc1cccc([C@@H](CN2CC[C@H](O)C2)NC(=O)C2(c3ccc4oc(=O)[nH]c4c3)CC2)c1.S.S. The molecule has 8 nitrogen and oxygen atoms in total. The molecule has 0 spiro atoms. The molecule has 3 aromatic rings. The minimum absolute atomic E-state index is 0. The van der Waals surface area contributed by atoms with Crippen LogP contribution in [0.25, 0.3) is 11.1 Å². The number of carbonyl (C=O) groups excluding carboxylic acids is 1. The summed E-state index contributed by atoms with van der Waals surface area (Å²) in [6.07, 6.45) is 1.92. The van der Waals surface area contributed by atoms with Crippen LogP contribution in [-0.4, -0.2) is 53.7 Å². The maximum Gasteiger partial charge on any atom is 0.417 e. The number of amides is 1. The van der Waals surface area contributed by atoms with Crippen molar-refractivity contribution in [2.24, 2.45) is 0 Å². The van der Waals surface area contributed by atoms with Gasteiger partial charge in [0.25, 0.3) is 0 Å². The number of carbonyl (C=O) groups is 1. The monoisotopic (exact) mass is 505 g/mol. The third-order valence-electron chi connectivity index (χ3n) is 6.65. The van der Waals surface area contributed by atoms with Crippen LogP contribution >= 0.6 is 27.0 Å². The van der Waals surface area contributed by atoms with Crippen LogP contribution in [0.1, 0.15) is 36.4 Å². The fourth-order valence-corrected chi connectivity index (χ4v) is 4.65. The van der Waals surface area contributed by atoms with E-state index in [0.717, 1.165) is 42.7 Å². The Morgan fingerprint density at radius 1 is 1.29 bits per heavy atom. The fraction of sp³-hybridized carbons (Fsp3) is 0.417. The minimum atomic E-state index is -0.607. The number of nitrogens with zero attached hydrogens (tertiary/aromatic N) is 1. The fourth-order valence-electron chi connectivity index (χ4n) is 4.65. The molecule has 1 saturated carbocycles. The van der Waals surface area contributed by atoms with Crippen molar-refractivity contribution in [3.05, 3.63) is 64.1 Å². The number of methoxy groups -OCH3 is 1. The molecule has 2 aromatic carbocycles. The van der Waals surface area contributed by atoms with Gasteiger partial charge in [0.05, 0.1) is 30.2 Å². The Balaban J connectivity index is 0.00000162. The van der Waals surface area contributed by atoms with E-state index in [9.17, 15) is 14.7 Å². The Labute approximate surface area is 211 Å². The van der Waals surface area contributed by atoms with Gasteiger partial charge in [-0.1, -0.05) is 18.2 Å². The van der Waals surface area contributed by atoms with Gasteiger partial charge < -0.3 is 19.6 Å². The van der Waals surface area contributed by atoms with Crippen LogP contribution in [0.2, 0.25) is 0 Å². The van der Waals surface area contributed by atoms with Crippen LogP contribution in [0.4, 0.5) is 0 Å². The second kappa shape index (κ2) is 10.5. The molecule has 0 unspecified atom stereocenters. The second-order valence-electron chi connectivity index (χ2n) is 8.81. The molecule has 34 heavy (non-hydrogen) atoms. The number of aliphatic hydroxyl groups excluding tert-OH is 1. The summed E-state index contributed by atoms with van der Waals surface area (Å²) < 4.78 is 10.5. The number of aliphatic hydroxyl groups is 1. The lowest BCUT2D eigenvalue weighted by atomic mass is 9.93. The van der Waals surface area contributed by atoms with Crippen LogP contribution in [-0.2, 0) is 10.2 Å². The Kier molecular flexibility index (Phi) is 8.07. The van der Waals surface area contributed by atoms with Crippen molar-refractivity contribution in [3.63, 3.8) is 0 Å². The van der Waals surface area contributed by atoms with Gasteiger partial charge in [-0.15, -0.1) is 0 Å². The van der Waals surface area contributed by atoms with Gasteiger partial charge in [-0.25, -0.2) is 4.79 Å². The number of hydrogen-bond acceptors (Lipinski definition) is 6. The molecule has 1 aliphatic heterocycles. The van der Waals surface area contributed by atoms with E-state index in [2.05, 4.69) is 15.2 Å². The van der Waals surface area contributed by atoms with Crippen LogP contribution in [0.3, 0.4) is 0 Å². The van der Waals surface area contributed by atoms with E-state index >= 15 is 0 Å². The van der Waals surface area contributed by atoms with Crippen molar-refractivity contribution in [2.75, 3.05) is 26.7 Å². The Bertz CT molecular complexity index is 1210. The first kappa shape index (κ1) is 26.2. The van der Waals surface area contributed by atoms with Crippen molar-refractivity contribution in [1.29, 1.82) is 0 Å². The first-order valence-electron chi connectivity index (χ1n) is 11.0. The molecule has 3 N–H and O–H groups in total. The number of aromatic nitrogens is 1. The second-order valence-corrected chi connectivity index (χ2v) is 8.81. The number of aromatic amines is 1. The number of nitrogens with one attached hydrogen (secondary N) is 2. The van der Waals surface area contributed by atoms with Gasteiger partial charge in [-0.2, -0.15) is 27.0 Å². The smallest absolute Gasteiger partial charge is 0.417 e. The number of β-amino-alcohol motifs (C(OH)–C–C–N with tert-alkyl or cyclic N) is 1. The van der Waals surface area contributed by atoms with Gasteiger partial charge in [-0.05, 0) is 54.7 Å². The van der Waals surface area contributed by atoms with Crippen LogP contribution < -0.4 is 15.8 Å². The summed E-state index contributed by atoms with van der Waals surface area (Å²) in [6, 6.07) is 12.9. The predicted octanol–water partition coefficient (Wildman–Crippen LogP) is 2.31. The summed E-state index contributed by atoms with van der Waals surface area (Å²) in [7, 11) is 1.62. The van der Waals surface area contributed by atoms with Crippen molar-refractivity contribution in [3.8, 4) is 5.75 Å². The molecule has 5 rings (SSSR count). The highest BCUT2D eigenvalue weighted by molar-refractivity contribution is 7.59. The number of hydrogen-bond donors (Lipinski definition) is 3. The van der Waals surface area contributed by atoms with Gasteiger partial charge >= 0.3 is 5.76 Å². The molecular weight excluding hydrogens is 474 g/mol. The van der Waals surface area contributed by atoms with E-state index in [1.54, 1.807) is 13.2 Å². The Morgan fingerprint density at radius 2 is 2.09 bits per heavy atom. The number of likely N-dealkylation sites (tertiary alicyclic amines) is 1. The topological polar surface area (TPSA) is 108 Å². The molecule has 10 heteroatoms. The van der Waals surface area contributed by atoms with Crippen molar-refractivity contribution in [1.82, 2.24) is 15.2 Å². The van der Waals surface area contributed by atoms with Gasteiger partial charge in [0.2, 0.25) is 5.91 Å². The molecule has 2 atom stereocenters. The lowest BCUT2D eigenvalue weighted by Crippen LogP contribution is -2.42. The third-order valence-corrected chi connectivity index (χ3v) is 6.65. The molecule has 184 valence electrons. The zero-order valence-electron chi connectivity index (χ0n) is 19.0. The predicted molar refractivity (Wildman–Crippen MR) is 139 cm³/mol. The maximum atomic E-state index is 13.5. The molecule has 1 amide bonds. The average Bonchev–Trinajstić information content (AvgIpc) is 3.38. The Hall–Kier alpha value is -2.40. The molecule has 1 aromatic heterocycles.